The summed E-state index contributed by atoms with van der Waals surface area (Å²) in [4.78, 5) is 10.5. The predicted octanol–water partition coefficient (Wildman–Crippen LogP) is 6.33. The van der Waals surface area contributed by atoms with Crippen molar-refractivity contribution >= 4 is 16.9 Å². The number of nitrogens with zero attached hydrogens (tertiary/aromatic N) is 1. The number of non-ortho nitro benzene ring substituents is 1. The molecule has 5 heteroatoms. The molecule has 0 saturated carbocycles. The van der Waals surface area contributed by atoms with Gasteiger partial charge in [0.2, 0.25) is 0 Å². The van der Waals surface area contributed by atoms with Crippen molar-refractivity contribution in [3.05, 3.63) is 69.3 Å². The van der Waals surface area contributed by atoms with E-state index in [0.717, 1.165) is 44.3 Å². The number of phenols is 1. The van der Waals surface area contributed by atoms with E-state index in [9.17, 15) is 15.2 Å². The van der Waals surface area contributed by atoms with Crippen LogP contribution >= 0.6 is 0 Å². The minimum atomic E-state index is -0.363. The Morgan fingerprint density at radius 2 is 1.93 bits per heavy atom. The van der Waals surface area contributed by atoms with Gasteiger partial charge in [0.1, 0.15) is 5.75 Å². The average molecular weight is 407 g/mol. The summed E-state index contributed by atoms with van der Waals surface area (Å²) in [5, 5.41) is 24.3. The molecule has 0 fully saturated rings. The molecule has 0 saturated heterocycles. The van der Waals surface area contributed by atoms with Crippen LogP contribution in [0, 0.1) is 21.4 Å². The first-order valence-corrected chi connectivity index (χ1v) is 10.9. The average Bonchev–Trinajstić information content (AvgIpc) is 2.74. The van der Waals surface area contributed by atoms with Gasteiger partial charge in [-0.3, -0.25) is 10.1 Å². The molecule has 2 atom stereocenters. The van der Waals surface area contributed by atoms with Crippen molar-refractivity contribution < 1.29 is 10.0 Å². The summed E-state index contributed by atoms with van der Waals surface area (Å²) in [5.41, 5.74) is 6.91. The van der Waals surface area contributed by atoms with E-state index in [1.807, 2.05) is 12.1 Å². The zero-order valence-corrected chi connectivity index (χ0v) is 17.8. The molecule has 2 aromatic carbocycles. The number of rotatable bonds is 6. The van der Waals surface area contributed by atoms with Crippen LogP contribution in [0.1, 0.15) is 57.1 Å². The summed E-state index contributed by atoms with van der Waals surface area (Å²) in [6.45, 7) is 5.50. The lowest BCUT2D eigenvalue weighted by Gasteiger charge is -2.46. The SMILES string of the molecule is CCC[C@H]1C2=C(CC[C@]1(C)CNc1ccc([N+](=O)[O-])cc1)c1ccc(O)cc1CC2. The number of nitro groups is 1. The second kappa shape index (κ2) is 8.13. The van der Waals surface area contributed by atoms with Crippen LogP contribution in [0.3, 0.4) is 0 Å². The highest BCUT2D eigenvalue weighted by Crippen LogP contribution is 2.52. The number of fused-ring (bicyclic) bond motifs is 2. The lowest BCUT2D eigenvalue weighted by atomic mass is 9.60. The number of nitrogens with one attached hydrogen (secondary N) is 1. The maximum absolute atomic E-state index is 10.9. The Balaban J connectivity index is 1.58. The topological polar surface area (TPSA) is 75.4 Å². The third-order valence-corrected chi connectivity index (χ3v) is 7.03. The number of allylic oxidation sites excluding steroid dienone is 2. The summed E-state index contributed by atoms with van der Waals surface area (Å²) in [7, 11) is 0. The number of benzene rings is 2. The van der Waals surface area contributed by atoms with Gasteiger partial charge in [0.25, 0.3) is 5.69 Å². The summed E-state index contributed by atoms with van der Waals surface area (Å²) in [5.74, 6) is 0.884. The summed E-state index contributed by atoms with van der Waals surface area (Å²) in [6, 6.07) is 12.6. The van der Waals surface area contributed by atoms with Gasteiger partial charge < -0.3 is 10.4 Å². The van der Waals surface area contributed by atoms with Crippen LogP contribution in [0.4, 0.5) is 11.4 Å². The molecule has 0 spiro atoms. The quantitative estimate of drug-likeness (QED) is 0.434. The standard InChI is InChI=1S/C25H30N2O3/c1-3-4-24-23-11-5-17-15-20(28)10-12-21(17)22(23)13-14-25(24,2)16-26-18-6-8-19(9-7-18)27(29)30/h6-10,12,15,24,26,28H,3-5,11,13-14,16H2,1-2H3/t24-,25+/m0/s1. The molecule has 30 heavy (non-hydrogen) atoms. The molecule has 2 N–H and O–H groups in total. The van der Waals surface area contributed by atoms with Crippen LogP contribution in [-0.2, 0) is 6.42 Å². The number of hydrogen-bond donors (Lipinski definition) is 2. The normalized spacial score (nSPS) is 22.9. The van der Waals surface area contributed by atoms with Gasteiger partial charge in [-0.15, -0.1) is 0 Å². The Hall–Kier alpha value is -2.82. The molecule has 4 rings (SSSR count). The molecular formula is C25H30N2O3. The first-order valence-electron chi connectivity index (χ1n) is 10.9. The van der Waals surface area contributed by atoms with Gasteiger partial charge in [-0.1, -0.05) is 31.9 Å². The highest BCUT2D eigenvalue weighted by Gasteiger charge is 2.41. The van der Waals surface area contributed by atoms with Crippen LogP contribution in [0.5, 0.6) is 5.75 Å². The monoisotopic (exact) mass is 406 g/mol. The Bertz CT molecular complexity index is 980. The number of aryl methyl sites for hydroxylation is 1. The van der Waals surface area contributed by atoms with E-state index in [1.165, 1.54) is 23.1 Å². The highest BCUT2D eigenvalue weighted by atomic mass is 16.6. The van der Waals surface area contributed by atoms with E-state index in [0.29, 0.717) is 11.7 Å². The molecule has 158 valence electrons. The third kappa shape index (κ3) is 3.81. The van der Waals surface area contributed by atoms with E-state index in [1.54, 1.807) is 29.8 Å². The number of aromatic hydroxyl groups is 1. The highest BCUT2D eigenvalue weighted by molar-refractivity contribution is 5.75. The minimum absolute atomic E-state index is 0.120. The smallest absolute Gasteiger partial charge is 0.269 e. The van der Waals surface area contributed by atoms with E-state index >= 15 is 0 Å². The van der Waals surface area contributed by atoms with E-state index in [4.69, 9.17) is 0 Å². The van der Waals surface area contributed by atoms with Crippen LogP contribution in [-0.4, -0.2) is 16.6 Å². The Kier molecular flexibility index (Phi) is 5.54. The van der Waals surface area contributed by atoms with Gasteiger partial charge in [-0.2, -0.15) is 0 Å². The van der Waals surface area contributed by atoms with Crippen molar-refractivity contribution in [3.8, 4) is 5.75 Å². The molecule has 2 aliphatic carbocycles. The first-order chi connectivity index (χ1) is 14.4. The third-order valence-electron chi connectivity index (χ3n) is 7.03. The number of hydrogen-bond acceptors (Lipinski definition) is 4. The van der Waals surface area contributed by atoms with Crippen LogP contribution in [0.15, 0.2) is 48.0 Å². The molecule has 0 bridgehead atoms. The van der Waals surface area contributed by atoms with Gasteiger partial charge in [0.05, 0.1) is 4.92 Å². The van der Waals surface area contributed by atoms with E-state index in [2.05, 4.69) is 25.2 Å². The lowest BCUT2D eigenvalue weighted by molar-refractivity contribution is -0.384. The molecule has 2 aromatic rings. The second-order valence-electron chi connectivity index (χ2n) is 9.00. The van der Waals surface area contributed by atoms with Crippen molar-refractivity contribution in [3.63, 3.8) is 0 Å². The van der Waals surface area contributed by atoms with Gasteiger partial charge >= 0.3 is 0 Å². The van der Waals surface area contributed by atoms with E-state index < -0.39 is 0 Å². The summed E-state index contributed by atoms with van der Waals surface area (Å²) >= 11 is 0. The lowest BCUT2D eigenvalue weighted by Crippen LogP contribution is -2.39. The molecule has 0 aliphatic heterocycles. The zero-order chi connectivity index (χ0) is 21.3. The second-order valence-corrected chi connectivity index (χ2v) is 9.00. The molecule has 2 aliphatic rings. The Labute approximate surface area is 178 Å². The molecule has 0 radical (unpaired) electrons. The maximum atomic E-state index is 10.9. The van der Waals surface area contributed by atoms with Gasteiger partial charge in [0, 0.05) is 24.4 Å². The molecule has 0 unspecified atom stereocenters. The fourth-order valence-electron chi connectivity index (χ4n) is 5.39. The summed E-state index contributed by atoms with van der Waals surface area (Å²) < 4.78 is 0. The van der Waals surface area contributed by atoms with Crippen molar-refractivity contribution in [2.75, 3.05) is 11.9 Å². The molecule has 5 nitrogen and oxygen atoms in total. The Morgan fingerprint density at radius 3 is 2.63 bits per heavy atom. The van der Waals surface area contributed by atoms with Crippen LogP contribution in [0.2, 0.25) is 0 Å². The summed E-state index contributed by atoms with van der Waals surface area (Å²) in [6.07, 6.45) is 6.56. The minimum Gasteiger partial charge on any atom is -0.508 e. The maximum Gasteiger partial charge on any atom is 0.269 e. The number of phenolic OH excluding ortho intramolecular Hbond substituents is 1. The van der Waals surface area contributed by atoms with Crippen molar-refractivity contribution in [1.82, 2.24) is 0 Å². The van der Waals surface area contributed by atoms with Crippen molar-refractivity contribution in [2.24, 2.45) is 11.3 Å². The predicted molar refractivity (Wildman–Crippen MR) is 121 cm³/mol. The van der Waals surface area contributed by atoms with Crippen LogP contribution < -0.4 is 5.32 Å². The largest absolute Gasteiger partial charge is 0.508 e. The van der Waals surface area contributed by atoms with Crippen molar-refractivity contribution in [2.45, 2.75) is 52.4 Å². The van der Waals surface area contributed by atoms with Gasteiger partial charge in [-0.05, 0) is 84.4 Å². The van der Waals surface area contributed by atoms with Crippen LogP contribution in [0.25, 0.3) is 5.57 Å². The zero-order valence-electron chi connectivity index (χ0n) is 17.8. The van der Waals surface area contributed by atoms with Gasteiger partial charge in [-0.25, -0.2) is 0 Å². The molecule has 0 heterocycles. The van der Waals surface area contributed by atoms with Crippen molar-refractivity contribution in [1.29, 1.82) is 0 Å². The van der Waals surface area contributed by atoms with Gasteiger partial charge in [0.15, 0.2) is 0 Å². The van der Waals surface area contributed by atoms with E-state index in [-0.39, 0.29) is 16.0 Å². The molecular weight excluding hydrogens is 376 g/mol. The first kappa shape index (κ1) is 20.5. The molecule has 0 aromatic heterocycles. The number of nitro benzene ring substituents is 1. The fraction of sp³-hybridized carbons (Fsp3) is 0.440. The molecule has 0 amide bonds. The Morgan fingerprint density at radius 1 is 1.17 bits per heavy atom. The number of anilines is 1. The fourth-order valence-corrected chi connectivity index (χ4v) is 5.39.